The number of fused-ring (bicyclic) bond motifs is 1. The molecule has 1 aliphatic rings. The summed E-state index contributed by atoms with van der Waals surface area (Å²) in [5.41, 5.74) is 1.55. The van der Waals surface area contributed by atoms with Gasteiger partial charge in [0.1, 0.15) is 5.75 Å². The predicted octanol–water partition coefficient (Wildman–Crippen LogP) is 0.693. The fourth-order valence-electron chi connectivity index (χ4n) is 2.67. The fourth-order valence-corrected chi connectivity index (χ4v) is 3.92. The lowest BCUT2D eigenvalue weighted by Gasteiger charge is -2.25. The van der Waals surface area contributed by atoms with E-state index in [1.807, 2.05) is 0 Å². The van der Waals surface area contributed by atoms with E-state index in [1.165, 1.54) is 6.07 Å². The molecule has 0 spiro atoms. The Labute approximate surface area is 123 Å². The molecule has 1 aliphatic carbocycles. The number of sulfone groups is 1. The summed E-state index contributed by atoms with van der Waals surface area (Å²) in [5, 5.41) is 2.77. The first-order valence-corrected chi connectivity index (χ1v) is 8.95. The smallest absolute Gasteiger partial charge is 0.248 e. The summed E-state index contributed by atoms with van der Waals surface area (Å²) in [7, 11) is -3.34. The lowest BCUT2D eigenvalue weighted by Crippen LogP contribution is -2.36. The third-order valence-corrected chi connectivity index (χ3v) is 5.27. The van der Waals surface area contributed by atoms with Gasteiger partial charge in [0.15, 0.2) is 9.84 Å². The van der Waals surface area contributed by atoms with E-state index in [4.69, 9.17) is 0 Å². The van der Waals surface area contributed by atoms with Crippen LogP contribution in [0, 0.1) is 0 Å². The Morgan fingerprint density at radius 3 is 2.90 bits per heavy atom. The van der Waals surface area contributed by atoms with Crippen LogP contribution in [0.2, 0.25) is 0 Å². The highest BCUT2D eigenvalue weighted by molar-refractivity contribution is 7.92. The van der Waals surface area contributed by atoms with Crippen molar-refractivity contribution in [3.05, 3.63) is 33.7 Å². The molecule has 0 aliphatic heterocycles. The van der Waals surface area contributed by atoms with Crippen molar-refractivity contribution in [2.45, 2.75) is 38.6 Å². The highest BCUT2D eigenvalue weighted by Crippen LogP contribution is 2.27. The highest BCUT2D eigenvalue weighted by atomic mass is 32.2. The summed E-state index contributed by atoms with van der Waals surface area (Å²) in [6, 6.07) is 2.91. The van der Waals surface area contributed by atoms with Crippen molar-refractivity contribution in [1.82, 2.24) is 10.3 Å². The topological polar surface area (TPSA) is 96.1 Å². The number of aromatic amines is 1. The zero-order valence-corrected chi connectivity index (χ0v) is 12.8. The number of pyridine rings is 1. The van der Waals surface area contributed by atoms with E-state index in [9.17, 15) is 18.0 Å². The zero-order valence-electron chi connectivity index (χ0n) is 12.0. The number of amides is 1. The van der Waals surface area contributed by atoms with Crippen molar-refractivity contribution in [2.24, 2.45) is 0 Å². The van der Waals surface area contributed by atoms with Gasteiger partial charge in [0.25, 0.3) is 0 Å². The number of rotatable bonds is 5. The third-order valence-electron chi connectivity index (χ3n) is 3.53. The lowest BCUT2D eigenvalue weighted by molar-refractivity contribution is -0.119. The van der Waals surface area contributed by atoms with E-state index in [0.717, 1.165) is 30.5 Å². The Bertz CT molecular complexity index is 678. The first-order chi connectivity index (χ1) is 9.91. The Morgan fingerprint density at radius 1 is 1.43 bits per heavy atom. The van der Waals surface area contributed by atoms with E-state index in [2.05, 4.69) is 10.3 Å². The van der Waals surface area contributed by atoms with Crippen LogP contribution in [0.4, 0.5) is 0 Å². The quantitative estimate of drug-likeness (QED) is 0.836. The largest absolute Gasteiger partial charge is 0.348 e. The van der Waals surface area contributed by atoms with Gasteiger partial charge in [0.2, 0.25) is 11.5 Å². The number of carbonyl (C=O) groups is 1. The molecule has 0 aromatic carbocycles. The molecule has 0 fully saturated rings. The van der Waals surface area contributed by atoms with Crippen molar-refractivity contribution in [3.8, 4) is 0 Å². The second kappa shape index (κ2) is 6.43. The minimum atomic E-state index is -3.34. The first-order valence-electron chi connectivity index (χ1n) is 7.13. The van der Waals surface area contributed by atoms with E-state index in [-0.39, 0.29) is 17.4 Å². The Kier molecular flexibility index (Phi) is 4.82. The number of carbonyl (C=O) groups excluding carboxylic acids is 1. The predicted molar refractivity (Wildman–Crippen MR) is 79.8 cm³/mol. The van der Waals surface area contributed by atoms with Gasteiger partial charge in [-0.05, 0) is 37.3 Å². The van der Waals surface area contributed by atoms with Gasteiger partial charge in [-0.3, -0.25) is 9.59 Å². The van der Waals surface area contributed by atoms with Crippen molar-refractivity contribution >= 4 is 15.7 Å². The summed E-state index contributed by atoms with van der Waals surface area (Å²) in [6.45, 7) is 1.77. The molecule has 116 valence electrons. The highest BCUT2D eigenvalue weighted by Gasteiger charge is 2.24. The maximum atomic E-state index is 11.9. The molecule has 1 heterocycles. The Balaban J connectivity index is 2.08. The van der Waals surface area contributed by atoms with Gasteiger partial charge < -0.3 is 10.3 Å². The molecule has 6 nitrogen and oxygen atoms in total. The Morgan fingerprint density at radius 2 is 2.19 bits per heavy atom. The van der Waals surface area contributed by atoms with Gasteiger partial charge in [-0.1, -0.05) is 6.92 Å². The van der Waals surface area contributed by atoms with Crippen LogP contribution < -0.4 is 10.9 Å². The standard InChI is InChI=1S/C14H20N2O4S/c1-2-8-21(19,20)9-14(18)16-12-5-3-4-11-10(12)6-7-13(17)15-11/h6-7,12H,2-5,8-9H2,1H3,(H,15,17)(H,16,18)/t12-/m1/s1. The van der Waals surface area contributed by atoms with Crippen molar-refractivity contribution in [3.63, 3.8) is 0 Å². The number of nitrogens with one attached hydrogen (secondary N) is 2. The molecule has 0 bridgehead atoms. The van der Waals surface area contributed by atoms with Gasteiger partial charge in [-0.2, -0.15) is 0 Å². The van der Waals surface area contributed by atoms with Crippen LogP contribution >= 0.6 is 0 Å². The van der Waals surface area contributed by atoms with E-state index in [1.54, 1.807) is 13.0 Å². The summed E-state index contributed by atoms with van der Waals surface area (Å²) in [6.07, 6.45) is 2.87. The molecular weight excluding hydrogens is 292 g/mol. The third kappa shape index (κ3) is 4.17. The average Bonchev–Trinajstić information content (AvgIpc) is 2.37. The average molecular weight is 312 g/mol. The van der Waals surface area contributed by atoms with Gasteiger partial charge in [0.05, 0.1) is 11.8 Å². The molecule has 1 aromatic heterocycles. The molecule has 2 N–H and O–H groups in total. The maximum Gasteiger partial charge on any atom is 0.248 e. The minimum absolute atomic E-state index is 0.0228. The van der Waals surface area contributed by atoms with Crippen LogP contribution in [0.1, 0.15) is 43.5 Å². The molecule has 7 heteroatoms. The second-order valence-corrected chi connectivity index (χ2v) is 7.54. The van der Waals surface area contributed by atoms with Crippen LogP contribution in [0.15, 0.2) is 16.9 Å². The van der Waals surface area contributed by atoms with Crippen molar-refractivity contribution < 1.29 is 13.2 Å². The molecule has 2 rings (SSSR count). The van der Waals surface area contributed by atoms with Gasteiger partial charge >= 0.3 is 0 Å². The van der Waals surface area contributed by atoms with E-state index < -0.39 is 21.5 Å². The number of aryl methyl sites for hydroxylation is 1. The van der Waals surface area contributed by atoms with Gasteiger partial charge in [0, 0.05) is 11.8 Å². The molecule has 0 unspecified atom stereocenters. The van der Waals surface area contributed by atoms with Gasteiger partial charge in [-0.25, -0.2) is 8.42 Å². The van der Waals surface area contributed by atoms with Crippen molar-refractivity contribution in [2.75, 3.05) is 11.5 Å². The number of hydrogen-bond acceptors (Lipinski definition) is 4. The van der Waals surface area contributed by atoms with Crippen LogP contribution in [0.25, 0.3) is 0 Å². The SMILES string of the molecule is CCCS(=O)(=O)CC(=O)N[C@@H]1CCCc2[nH]c(=O)ccc21. The fraction of sp³-hybridized carbons (Fsp3) is 0.571. The molecule has 1 atom stereocenters. The normalized spacial score (nSPS) is 18.0. The van der Waals surface area contributed by atoms with Crippen LogP contribution in [0.5, 0.6) is 0 Å². The first kappa shape index (κ1) is 15.8. The van der Waals surface area contributed by atoms with Crippen LogP contribution in [-0.2, 0) is 21.1 Å². The molecule has 0 radical (unpaired) electrons. The maximum absolute atomic E-state index is 11.9. The molecule has 21 heavy (non-hydrogen) atoms. The summed E-state index contributed by atoms with van der Waals surface area (Å²) in [4.78, 5) is 26.0. The Hall–Kier alpha value is -1.63. The molecular formula is C14H20N2O4S. The van der Waals surface area contributed by atoms with Crippen LogP contribution in [-0.4, -0.2) is 30.8 Å². The van der Waals surface area contributed by atoms with Gasteiger partial charge in [-0.15, -0.1) is 0 Å². The monoisotopic (exact) mass is 312 g/mol. The molecule has 1 aromatic rings. The summed E-state index contributed by atoms with van der Waals surface area (Å²) < 4.78 is 23.3. The van der Waals surface area contributed by atoms with E-state index in [0.29, 0.717) is 6.42 Å². The molecule has 0 saturated heterocycles. The van der Waals surface area contributed by atoms with Crippen LogP contribution in [0.3, 0.4) is 0 Å². The number of H-pyrrole nitrogens is 1. The second-order valence-electron chi connectivity index (χ2n) is 5.36. The molecule has 1 amide bonds. The number of aromatic nitrogens is 1. The van der Waals surface area contributed by atoms with Crippen molar-refractivity contribution in [1.29, 1.82) is 0 Å². The minimum Gasteiger partial charge on any atom is -0.348 e. The van der Waals surface area contributed by atoms with E-state index >= 15 is 0 Å². The summed E-state index contributed by atoms with van der Waals surface area (Å²) >= 11 is 0. The molecule has 0 saturated carbocycles. The summed E-state index contributed by atoms with van der Waals surface area (Å²) in [5.74, 6) is -0.933. The zero-order chi connectivity index (χ0) is 15.5. The lowest BCUT2D eigenvalue weighted by atomic mass is 9.91. The number of hydrogen-bond donors (Lipinski definition) is 2.